The molecule has 0 heterocycles. The summed E-state index contributed by atoms with van der Waals surface area (Å²) < 4.78 is 5.00. The van der Waals surface area contributed by atoms with Crippen molar-refractivity contribution in [3.05, 3.63) is 0 Å². The molecule has 0 radical (unpaired) electrons. The Balaban J connectivity index is 2.62. The number of carbonyl (C=O) groups is 1. The number of rotatable bonds is 6. The van der Waals surface area contributed by atoms with Crippen molar-refractivity contribution in [1.29, 1.82) is 0 Å². The van der Waals surface area contributed by atoms with Crippen LogP contribution in [0.3, 0.4) is 0 Å². The lowest BCUT2D eigenvalue weighted by molar-refractivity contribution is -0.139. The molecule has 106 valence electrons. The van der Waals surface area contributed by atoms with Gasteiger partial charge in [0.15, 0.2) is 0 Å². The fourth-order valence-corrected chi connectivity index (χ4v) is 2.62. The smallest absolute Gasteiger partial charge is 0.227 e. The third kappa shape index (κ3) is 3.93. The van der Waals surface area contributed by atoms with Crippen molar-refractivity contribution in [2.75, 3.05) is 33.4 Å². The van der Waals surface area contributed by atoms with Crippen molar-refractivity contribution in [2.24, 2.45) is 17.6 Å². The van der Waals surface area contributed by atoms with E-state index in [0.717, 1.165) is 19.3 Å². The van der Waals surface area contributed by atoms with E-state index in [1.807, 2.05) is 0 Å². The zero-order chi connectivity index (χ0) is 13.5. The molecule has 5 nitrogen and oxygen atoms in total. The van der Waals surface area contributed by atoms with Gasteiger partial charge in [-0.2, -0.15) is 0 Å². The summed E-state index contributed by atoms with van der Waals surface area (Å²) >= 11 is 0. The molecule has 0 saturated heterocycles. The topological polar surface area (TPSA) is 75.8 Å². The predicted octanol–water partition coefficient (Wildman–Crippen LogP) is 0.217. The van der Waals surface area contributed by atoms with Crippen LogP contribution in [-0.4, -0.2) is 55.4 Å². The van der Waals surface area contributed by atoms with E-state index in [1.165, 1.54) is 0 Å². The summed E-state index contributed by atoms with van der Waals surface area (Å²) in [5, 5.41) is 9.04. The lowest BCUT2D eigenvalue weighted by Gasteiger charge is -2.36. The van der Waals surface area contributed by atoms with Crippen molar-refractivity contribution in [2.45, 2.75) is 32.2 Å². The molecule has 1 amide bonds. The summed E-state index contributed by atoms with van der Waals surface area (Å²) in [6, 6.07) is -0.0602. The number of methoxy groups -OCH3 is 1. The molecule has 3 unspecified atom stereocenters. The quantitative estimate of drug-likeness (QED) is 0.714. The molecule has 3 N–H and O–H groups in total. The first-order chi connectivity index (χ1) is 8.61. The van der Waals surface area contributed by atoms with Crippen LogP contribution >= 0.6 is 0 Å². The standard InChI is InChI=1S/C13H26N2O3/c1-10-4-3-5-11(12(10)14)13(17)15(6-8-16)7-9-18-2/h10-12,16H,3-9,14H2,1-2H3. The van der Waals surface area contributed by atoms with Crippen LogP contribution in [0.15, 0.2) is 0 Å². The molecule has 1 rings (SSSR count). The van der Waals surface area contributed by atoms with Crippen LogP contribution in [0, 0.1) is 11.8 Å². The Morgan fingerprint density at radius 1 is 1.44 bits per heavy atom. The molecule has 0 bridgehead atoms. The van der Waals surface area contributed by atoms with Crippen molar-refractivity contribution in [3.63, 3.8) is 0 Å². The van der Waals surface area contributed by atoms with Crippen LogP contribution in [0.2, 0.25) is 0 Å². The van der Waals surface area contributed by atoms with Gasteiger partial charge in [-0.1, -0.05) is 13.3 Å². The number of ether oxygens (including phenoxy) is 1. The summed E-state index contributed by atoms with van der Waals surface area (Å²) in [4.78, 5) is 14.1. The Hall–Kier alpha value is -0.650. The Bertz CT molecular complexity index is 261. The van der Waals surface area contributed by atoms with Gasteiger partial charge in [-0.05, 0) is 18.8 Å². The number of hydrogen-bond acceptors (Lipinski definition) is 4. The molecule has 5 heteroatoms. The van der Waals surface area contributed by atoms with E-state index in [2.05, 4.69) is 6.92 Å². The van der Waals surface area contributed by atoms with Gasteiger partial charge in [0.05, 0.1) is 19.1 Å². The second-order valence-corrected chi connectivity index (χ2v) is 5.13. The highest BCUT2D eigenvalue weighted by Crippen LogP contribution is 2.29. The van der Waals surface area contributed by atoms with E-state index in [9.17, 15) is 4.79 Å². The summed E-state index contributed by atoms with van der Waals surface area (Å²) in [6.45, 7) is 3.46. The molecular formula is C13H26N2O3. The molecule has 1 saturated carbocycles. The van der Waals surface area contributed by atoms with Crippen LogP contribution in [0.1, 0.15) is 26.2 Å². The molecule has 18 heavy (non-hydrogen) atoms. The molecule has 1 fully saturated rings. The fourth-order valence-electron chi connectivity index (χ4n) is 2.62. The van der Waals surface area contributed by atoms with E-state index in [1.54, 1.807) is 12.0 Å². The van der Waals surface area contributed by atoms with Gasteiger partial charge in [0.25, 0.3) is 0 Å². The van der Waals surface area contributed by atoms with Gasteiger partial charge in [-0.25, -0.2) is 0 Å². The molecule has 0 aliphatic heterocycles. The third-order valence-corrected chi connectivity index (χ3v) is 3.86. The molecular weight excluding hydrogens is 232 g/mol. The van der Waals surface area contributed by atoms with Crippen molar-refractivity contribution >= 4 is 5.91 Å². The summed E-state index contributed by atoms with van der Waals surface area (Å²) in [6.07, 6.45) is 3.02. The highest BCUT2D eigenvalue weighted by atomic mass is 16.5. The van der Waals surface area contributed by atoms with E-state index >= 15 is 0 Å². The molecule has 3 atom stereocenters. The number of amides is 1. The highest BCUT2D eigenvalue weighted by Gasteiger charge is 2.34. The monoisotopic (exact) mass is 258 g/mol. The Labute approximate surface area is 109 Å². The van der Waals surface area contributed by atoms with Crippen LogP contribution in [0.4, 0.5) is 0 Å². The second kappa shape index (κ2) is 7.71. The van der Waals surface area contributed by atoms with Crippen LogP contribution in [0.25, 0.3) is 0 Å². The zero-order valence-corrected chi connectivity index (χ0v) is 11.5. The average molecular weight is 258 g/mol. The fraction of sp³-hybridized carbons (Fsp3) is 0.923. The SMILES string of the molecule is COCCN(CCO)C(=O)C1CCCC(C)C1N. The first kappa shape index (κ1) is 15.4. The summed E-state index contributed by atoms with van der Waals surface area (Å²) in [7, 11) is 1.61. The number of nitrogens with zero attached hydrogens (tertiary/aromatic N) is 1. The van der Waals surface area contributed by atoms with Crippen LogP contribution in [0.5, 0.6) is 0 Å². The number of nitrogens with two attached hydrogens (primary N) is 1. The Morgan fingerprint density at radius 3 is 2.78 bits per heavy atom. The number of hydrogen-bond donors (Lipinski definition) is 2. The first-order valence-corrected chi connectivity index (χ1v) is 6.76. The maximum Gasteiger partial charge on any atom is 0.227 e. The zero-order valence-electron chi connectivity index (χ0n) is 11.5. The predicted molar refractivity (Wildman–Crippen MR) is 70.0 cm³/mol. The van der Waals surface area contributed by atoms with Gasteiger partial charge < -0.3 is 20.5 Å². The highest BCUT2D eigenvalue weighted by molar-refractivity contribution is 5.79. The minimum atomic E-state index is -0.0999. The van der Waals surface area contributed by atoms with Crippen molar-refractivity contribution in [3.8, 4) is 0 Å². The summed E-state index contributed by atoms with van der Waals surface area (Å²) in [5.41, 5.74) is 6.14. The number of aliphatic hydroxyl groups is 1. The van der Waals surface area contributed by atoms with Gasteiger partial charge in [0.2, 0.25) is 5.91 Å². The lowest BCUT2D eigenvalue weighted by Crippen LogP contribution is -2.50. The van der Waals surface area contributed by atoms with Gasteiger partial charge in [0, 0.05) is 26.2 Å². The van der Waals surface area contributed by atoms with Gasteiger partial charge in [-0.3, -0.25) is 4.79 Å². The Morgan fingerprint density at radius 2 is 2.17 bits per heavy atom. The molecule has 0 aromatic carbocycles. The van der Waals surface area contributed by atoms with E-state index in [-0.39, 0.29) is 24.5 Å². The van der Waals surface area contributed by atoms with E-state index in [4.69, 9.17) is 15.6 Å². The average Bonchev–Trinajstić information content (AvgIpc) is 2.37. The second-order valence-electron chi connectivity index (χ2n) is 5.13. The first-order valence-electron chi connectivity index (χ1n) is 6.76. The molecule has 0 aromatic heterocycles. The third-order valence-electron chi connectivity index (χ3n) is 3.86. The molecule has 0 aromatic rings. The van der Waals surface area contributed by atoms with E-state index in [0.29, 0.717) is 25.6 Å². The molecule has 1 aliphatic rings. The van der Waals surface area contributed by atoms with Gasteiger partial charge in [0.1, 0.15) is 0 Å². The van der Waals surface area contributed by atoms with Crippen molar-refractivity contribution in [1.82, 2.24) is 4.90 Å². The van der Waals surface area contributed by atoms with Crippen LogP contribution in [-0.2, 0) is 9.53 Å². The number of aliphatic hydroxyl groups excluding tert-OH is 1. The minimum absolute atomic E-state index is 0.0209. The van der Waals surface area contributed by atoms with E-state index < -0.39 is 0 Å². The van der Waals surface area contributed by atoms with Crippen LogP contribution < -0.4 is 5.73 Å². The lowest BCUT2D eigenvalue weighted by atomic mass is 9.77. The van der Waals surface area contributed by atoms with Crippen molar-refractivity contribution < 1.29 is 14.6 Å². The Kier molecular flexibility index (Phi) is 6.60. The normalized spacial score (nSPS) is 28.1. The minimum Gasteiger partial charge on any atom is -0.395 e. The maximum atomic E-state index is 12.4. The van der Waals surface area contributed by atoms with Gasteiger partial charge >= 0.3 is 0 Å². The number of carbonyl (C=O) groups excluding carboxylic acids is 1. The maximum absolute atomic E-state index is 12.4. The molecule has 1 aliphatic carbocycles. The molecule has 0 spiro atoms. The summed E-state index contributed by atoms with van der Waals surface area (Å²) in [5.74, 6) is 0.364. The largest absolute Gasteiger partial charge is 0.395 e. The van der Waals surface area contributed by atoms with Gasteiger partial charge in [-0.15, -0.1) is 0 Å².